The molecule has 2 N–H and O–H groups in total. The van der Waals surface area contributed by atoms with Crippen molar-refractivity contribution in [1.82, 2.24) is 15.5 Å². The van der Waals surface area contributed by atoms with Crippen LogP contribution in [0.25, 0.3) is 10.8 Å². The molecule has 2 aromatic rings. The molecule has 5 nitrogen and oxygen atoms in total. The summed E-state index contributed by atoms with van der Waals surface area (Å²) in [6, 6.07) is 14.0. The van der Waals surface area contributed by atoms with E-state index in [1.165, 1.54) is 0 Å². The average molecular weight is 412 g/mol. The van der Waals surface area contributed by atoms with Crippen LogP contribution in [0.2, 0.25) is 0 Å². The third-order valence-corrected chi connectivity index (χ3v) is 7.74. The molecule has 2 saturated heterocycles. The van der Waals surface area contributed by atoms with Crippen LogP contribution >= 0.6 is 11.8 Å². The van der Waals surface area contributed by atoms with Crippen molar-refractivity contribution in [1.29, 1.82) is 0 Å². The van der Waals surface area contributed by atoms with Gasteiger partial charge in [-0.2, -0.15) is 0 Å². The smallest absolute Gasteiger partial charge is 0.254 e. The molecule has 154 valence electrons. The van der Waals surface area contributed by atoms with Crippen LogP contribution in [0.4, 0.5) is 0 Å². The quantitative estimate of drug-likeness (QED) is 0.810. The van der Waals surface area contributed by atoms with Crippen LogP contribution in [-0.2, 0) is 4.79 Å². The Hall–Kier alpha value is -2.05. The van der Waals surface area contributed by atoms with Crippen molar-refractivity contribution in [2.24, 2.45) is 0 Å². The molecule has 0 saturated carbocycles. The van der Waals surface area contributed by atoms with Crippen LogP contribution in [0.3, 0.4) is 0 Å². The summed E-state index contributed by atoms with van der Waals surface area (Å²) in [4.78, 5) is 27.5. The van der Waals surface area contributed by atoms with Crippen molar-refractivity contribution in [3.8, 4) is 0 Å². The Morgan fingerprint density at radius 1 is 1.21 bits per heavy atom. The van der Waals surface area contributed by atoms with E-state index < -0.39 is 0 Å². The van der Waals surface area contributed by atoms with Gasteiger partial charge in [0.2, 0.25) is 5.91 Å². The second kappa shape index (κ2) is 8.36. The van der Waals surface area contributed by atoms with Gasteiger partial charge >= 0.3 is 0 Å². The Bertz CT molecular complexity index is 903. The van der Waals surface area contributed by atoms with Gasteiger partial charge in [-0.1, -0.05) is 43.3 Å². The van der Waals surface area contributed by atoms with Crippen LogP contribution in [0.15, 0.2) is 42.5 Å². The molecular weight excluding hydrogens is 382 g/mol. The summed E-state index contributed by atoms with van der Waals surface area (Å²) in [5, 5.41) is 8.76. The molecule has 2 aliphatic rings. The molecule has 0 radical (unpaired) electrons. The number of amides is 2. The number of nitrogens with zero attached hydrogens (tertiary/aromatic N) is 1. The van der Waals surface area contributed by atoms with Gasteiger partial charge in [-0.15, -0.1) is 11.8 Å². The zero-order chi connectivity index (χ0) is 20.4. The third kappa shape index (κ3) is 4.14. The zero-order valence-corrected chi connectivity index (χ0v) is 17.9. The van der Waals surface area contributed by atoms with E-state index in [9.17, 15) is 9.59 Å². The van der Waals surface area contributed by atoms with E-state index in [0.29, 0.717) is 13.1 Å². The van der Waals surface area contributed by atoms with Gasteiger partial charge in [0.15, 0.2) is 0 Å². The number of likely N-dealkylation sites (tertiary alicyclic amines) is 1. The minimum absolute atomic E-state index is 0.0903. The fraction of sp³-hybridized carbons (Fsp3) is 0.478. The maximum absolute atomic E-state index is 13.2. The van der Waals surface area contributed by atoms with Crippen molar-refractivity contribution in [2.45, 2.75) is 50.1 Å². The first-order valence-electron chi connectivity index (χ1n) is 10.5. The fourth-order valence-electron chi connectivity index (χ4n) is 4.17. The highest BCUT2D eigenvalue weighted by Crippen LogP contribution is 2.39. The Labute approximate surface area is 176 Å². The Morgan fingerprint density at radius 2 is 1.93 bits per heavy atom. The van der Waals surface area contributed by atoms with E-state index in [-0.39, 0.29) is 28.8 Å². The molecule has 2 aromatic carbocycles. The van der Waals surface area contributed by atoms with Gasteiger partial charge in [-0.05, 0) is 43.0 Å². The van der Waals surface area contributed by atoms with Gasteiger partial charge < -0.3 is 10.2 Å². The monoisotopic (exact) mass is 411 g/mol. The molecular formula is C23H29N3O2S. The van der Waals surface area contributed by atoms with E-state index in [1.807, 2.05) is 66.1 Å². The predicted octanol–water partition coefficient (Wildman–Crippen LogP) is 3.39. The van der Waals surface area contributed by atoms with Crippen molar-refractivity contribution >= 4 is 34.3 Å². The van der Waals surface area contributed by atoms with E-state index in [1.54, 1.807) is 0 Å². The van der Waals surface area contributed by atoms with Gasteiger partial charge in [-0.25, -0.2) is 0 Å². The number of fused-ring (bicyclic) bond motifs is 1. The van der Waals surface area contributed by atoms with Crippen molar-refractivity contribution in [3.63, 3.8) is 0 Å². The summed E-state index contributed by atoms with van der Waals surface area (Å²) in [5.41, 5.74) is 0.775. The number of carbonyl (C=O) groups is 2. The molecule has 2 heterocycles. The van der Waals surface area contributed by atoms with Crippen molar-refractivity contribution in [2.75, 3.05) is 18.8 Å². The van der Waals surface area contributed by atoms with E-state index in [0.717, 1.165) is 41.4 Å². The average Bonchev–Trinajstić information content (AvgIpc) is 3.17. The number of thioether (sulfide) groups is 1. The van der Waals surface area contributed by atoms with E-state index >= 15 is 0 Å². The Balaban J connectivity index is 1.39. The number of hydrogen-bond donors (Lipinski definition) is 2. The Kier molecular flexibility index (Phi) is 5.83. The van der Waals surface area contributed by atoms with Gasteiger partial charge in [-0.3, -0.25) is 14.9 Å². The molecule has 4 rings (SSSR count). The third-order valence-electron chi connectivity index (χ3n) is 6.16. The lowest BCUT2D eigenvalue weighted by Crippen LogP contribution is -2.55. The molecule has 6 heteroatoms. The first kappa shape index (κ1) is 20.2. The highest BCUT2D eigenvalue weighted by molar-refractivity contribution is 8.01. The summed E-state index contributed by atoms with van der Waals surface area (Å²) < 4.78 is 0. The molecule has 0 bridgehead atoms. The van der Waals surface area contributed by atoms with Gasteiger partial charge in [0.25, 0.3) is 5.91 Å². The molecule has 2 amide bonds. The number of benzene rings is 2. The summed E-state index contributed by atoms with van der Waals surface area (Å²) in [6.07, 6.45) is 2.66. The summed E-state index contributed by atoms with van der Waals surface area (Å²) in [7, 11) is 0. The second-order valence-corrected chi connectivity index (χ2v) is 9.54. The highest BCUT2D eigenvalue weighted by atomic mass is 32.2. The standard InChI is InChI=1S/C23H29N3O2S/c1-3-16(2)24-21(27)20-15-29-23(25-20)11-13-26(14-12-23)22(28)19-10-6-8-17-7-4-5-9-18(17)19/h4-10,16,20,25H,3,11-15H2,1-2H3,(H,24,27). The molecule has 2 atom stereocenters. The predicted molar refractivity (Wildman–Crippen MR) is 119 cm³/mol. The SMILES string of the molecule is CCC(C)NC(=O)C1CSC2(CCN(C(=O)c3cccc4ccccc34)CC2)N1. The highest BCUT2D eigenvalue weighted by Gasteiger charge is 2.44. The number of piperidine rings is 1. The minimum atomic E-state index is -0.144. The normalized spacial score (nSPS) is 22.0. The molecule has 2 fully saturated rings. The summed E-state index contributed by atoms with van der Waals surface area (Å²) >= 11 is 1.84. The lowest BCUT2D eigenvalue weighted by atomic mass is 10.00. The van der Waals surface area contributed by atoms with Crippen LogP contribution in [0.5, 0.6) is 0 Å². The molecule has 0 aromatic heterocycles. The lowest BCUT2D eigenvalue weighted by molar-refractivity contribution is -0.123. The number of hydrogen-bond acceptors (Lipinski definition) is 4. The molecule has 1 spiro atoms. The van der Waals surface area contributed by atoms with Crippen molar-refractivity contribution < 1.29 is 9.59 Å². The molecule has 0 aliphatic carbocycles. The molecule has 2 aliphatic heterocycles. The maximum atomic E-state index is 13.2. The molecule has 29 heavy (non-hydrogen) atoms. The summed E-state index contributed by atoms with van der Waals surface area (Å²) in [5.74, 6) is 0.989. The van der Waals surface area contributed by atoms with E-state index in [2.05, 4.69) is 17.6 Å². The lowest BCUT2D eigenvalue weighted by Gasteiger charge is -2.39. The number of carbonyl (C=O) groups excluding carboxylic acids is 2. The topological polar surface area (TPSA) is 61.4 Å². The van der Waals surface area contributed by atoms with E-state index in [4.69, 9.17) is 0 Å². The second-order valence-electron chi connectivity index (χ2n) is 8.14. The minimum Gasteiger partial charge on any atom is -0.352 e. The van der Waals surface area contributed by atoms with Crippen LogP contribution < -0.4 is 10.6 Å². The van der Waals surface area contributed by atoms with Gasteiger partial charge in [0, 0.05) is 30.4 Å². The Morgan fingerprint density at radius 3 is 2.69 bits per heavy atom. The van der Waals surface area contributed by atoms with Crippen LogP contribution in [-0.4, -0.2) is 52.5 Å². The first-order chi connectivity index (χ1) is 14.0. The largest absolute Gasteiger partial charge is 0.352 e. The first-order valence-corrected chi connectivity index (χ1v) is 11.5. The number of nitrogens with one attached hydrogen (secondary N) is 2. The molecule has 2 unspecified atom stereocenters. The van der Waals surface area contributed by atoms with Gasteiger partial charge in [0.1, 0.15) is 0 Å². The van der Waals surface area contributed by atoms with Crippen LogP contribution in [0, 0.1) is 0 Å². The zero-order valence-electron chi connectivity index (χ0n) is 17.1. The summed E-state index contributed by atoms with van der Waals surface area (Å²) in [6.45, 7) is 5.53. The number of rotatable bonds is 4. The van der Waals surface area contributed by atoms with Crippen LogP contribution in [0.1, 0.15) is 43.5 Å². The fourth-order valence-corrected chi connectivity index (χ4v) is 5.59. The van der Waals surface area contributed by atoms with Crippen molar-refractivity contribution in [3.05, 3.63) is 48.0 Å². The maximum Gasteiger partial charge on any atom is 0.254 e. The van der Waals surface area contributed by atoms with Gasteiger partial charge in [0.05, 0.1) is 10.9 Å².